The van der Waals surface area contributed by atoms with Crippen molar-refractivity contribution in [2.45, 2.75) is 6.10 Å². The lowest BCUT2D eigenvalue weighted by Crippen LogP contribution is -2.48. The van der Waals surface area contributed by atoms with Gasteiger partial charge in [0.1, 0.15) is 6.10 Å². The van der Waals surface area contributed by atoms with Gasteiger partial charge in [-0.05, 0) is 22.0 Å². The largest absolute Gasteiger partial charge is 0.409 e. The number of halogens is 1. The summed E-state index contributed by atoms with van der Waals surface area (Å²) in [5.74, 6) is 0.0971. The van der Waals surface area contributed by atoms with Gasteiger partial charge in [0.15, 0.2) is 5.84 Å². The van der Waals surface area contributed by atoms with Crippen molar-refractivity contribution < 1.29 is 9.94 Å². The van der Waals surface area contributed by atoms with Crippen LogP contribution in [0, 0.1) is 0 Å². The van der Waals surface area contributed by atoms with E-state index in [4.69, 9.17) is 15.7 Å². The molecule has 1 saturated heterocycles. The van der Waals surface area contributed by atoms with Crippen molar-refractivity contribution in [3.8, 4) is 0 Å². The summed E-state index contributed by atoms with van der Waals surface area (Å²) in [6.45, 7) is 1.85. The zero-order valence-electron chi connectivity index (χ0n) is 9.08. The zero-order valence-corrected chi connectivity index (χ0v) is 10.7. The highest BCUT2D eigenvalue weighted by Gasteiger charge is 2.25. The molecule has 0 spiro atoms. The summed E-state index contributed by atoms with van der Waals surface area (Å²) >= 11 is 3.45. The quantitative estimate of drug-likeness (QED) is 0.365. The van der Waals surface area contributed by atoms with Crippen LogP contribution in [0.3, 0.4) is 0 Å². The molecule has 2 heterocycles. The summed E-state index contributed by atoms with van der Waals surface area (Å²) < 4.78 is 6.35. The molecule has 7 heteroatoms. The highest BCUT2D eigenvalue weighted by Crippen LogP contribution is 2.26. The monoisotopic (exact) mass is 300 g/mol. The molecule has 0 bridgehead atoms. The Bertz CT molecular complexity index is 427. The lowest BCUT2D eigenvalue weighted by Gasteiger charge is -2.34. The fourth-order valence-corrected chi connectivity index (χ4v) is 2.24. The number of amidine groups is 1. The molecule has 0 aromatic carbocycles. The van der Waals surface area contributed by atoms with E-state index in [1.165, 1.54) is 0 Å². The molecule has 1 aliphatic rings. The van der Waals surface area contributed by atoms with Crippen LogP contribution in [0.4, 0.5) is 5.69 Å². The van der Waals surface area contributed by atoms with Crippen LogP contribution in [0.2, 0.25) is 0 Å². The third-order valence-electron chi connectivity index (χ3n) is 2.60. The molecule has 1 aromatic rings. The third-order valence-corrected chi connectivity index (χ3v) is 3.21. The summed E-state index contributed by atoms with van der Waals surface area (Å²) in [7, 11) is 0. The van der Waals surface area contributed by atoms with Crippen molar-refractivity contribution in [1.29, 1.82) is 0 Å². The Morgan fingerprint density at radius 1 is 1.71 bits per heavy atom. The number of anilines is 1. The molecule has 1 unspecified atom stereocenters. The third kappa shape index (κ3) is 2.67. The van der Waals surface area contributed by atoms with Crippen LogP contribution >= 0.6 is 15.9 Å². The summed E-state index contributed by atoms with van der Waals surface area (Å²) in [6, 6.07) is 1.92. The van der Waals surface area contributed by atoms with Gasteiger partial charge in [0.25, 0.3) is 0 Å². The predicted octanol–water partition coefficient (Wildman–Crippen LogP) is 0.796. The summed E-state index contributed by atoms with van der Waals surface area (Å²) in [6.07, 6.45) is 3.09. The molecule has 0 radical (unpaired) electrons. The molecule has 1 fully saturated rings. The number of nitrogens with zero attached hydrogens (tertiary/aromatic N) is 3. The van der Waals surface area contributed by atoms with Gasteiger partial charge in [0.05, 0.1) is 23.3 Å². The molecule has 17 heavy (non-hydrogen) atoms. The van der Waals surface area contributed by atoms with Gasteiger partial charge in [-0.2, -0.15) is 0 Å². The fraction of sp³-hybridized carbons (Fsp3) is 0.400. The number of hydrogen-bond acceptors (Lipinski definition) is 5. The summed E-state index contributed by atoms with van der Waals surface area (Å²) in [5, 5.41) is 11.6. The summed E-state index contributed by atoms with van der Waals surface area (Å²) in [5.41, 5.74) is 6.58. The van der Waals surface area contributed by atoms with E-state index < -0.39 is 0 Å². The number of ether oxygens (including phenoxy) is 1. The van der Waals surface area contributed by atoms with E-state index in [1.54, 1.807) is 12.4 Å². The topological polar surface area (TPSA) is 84.0 Å². The van der Waals surface area contributed by atoms with Gasteiger partial charge in [0, 0.05) is 18.9 Å². The Kier molecular flexibility index (Phi) is 3.80. The molecular formula is C10H13BrN4O2. The Hall–Kier alpha value is -1.34. The first kappa shape index (κ1) is 12.1. The van der Waals surface area contributed by atoms with E-state index in [9.17, 15) is 0 Å². The van der Waals surface area contributed by atoms with Crippen molar-refractivity contribution in [3.05, 3.63) is 22.9 Å². The minimum atomic E-state index is -0.381. The molecule has 92 valence electrons. The second kappa shape index (κ2) is 5.33. The van der Waals surface area contributed by atoms with Gasteiger partial charge < -0.3 is 20.6 Å². The second-order valence-electron chi connectivity index (χ2n) is 3.66. The lowest BCUT2D eigenvalue weighted by molar-refractivity contribution is 0.0806. The standard InChI is InChI=1S/C10H13BrN4O2/c11-7-5-13-2-1-8(7)15-3-4-17-9(6-15)10(12)14-16/h1-2,5,9,16H,3-4,6H2,(H2,12,14). The van der Waals surface area contributed by atoms with E-state index in [2.05, 4.69) is 31.0 Å². The number of pyridine rings is 1. The van der Waals surface area contributed by atoms with Crippen LogP contribution < -0.4 is 10.6 Å². The van der Waals surface area contributed by atoms with Crippen molar-refractivity contribution in [3.63, 3.8) is 0 Å². The van der Waals surface area contributed by atoms with Gasteiger partial charge in [-0.1, -0.05) is 5.16 Å². The minimum Gasteiger partial charge on any atom is -0.409 e. The van der Waals surface area contributed by atoms with Crippen LogP contribution in [0.5, 0.6) is 0 Å². The molecule has 2 rings (SSSR count). The predicted molar refractivity (Wildman–Crippen MR) is 67.3 cm³/mol. The molecule has 1 aliphatic heterocycles. The van der Waals surface area contributed by atoms with Crippen LogP contribution in [0.1, 0.15) is 0 Å². The van der Waals surface area contributed by atoms with E-state index in [0.29, 0.717) is 13.2 Å². The van der Waals surface area contributed by atoms with Crippen molar-refractivity contribution >= 4 is 27.5 Å². The van der Waals surface area contributed by atoms with Crippen LogP contribution in [-0.2, 0) is 4.74 Å². The van der Waals surface area contributed by atoms with E-state index >= 15 is 0 Å². The van der Waals surface area contributed by atoms with Gasteiger partial charge >= 0.3 is 0 Å². The molecule has 0 amide bonds. The van der Waals surface area contributed by atoms with Crippen LogP contribution in [-0.4, -0.2) is 41.8 Å². The van der Waals surface area contributed by atoms with Crippen LogP contribution in [0.25, 0.3) is 0 Å². The van der Waals surface area contributed by atoms with Gasteiger partial charge in [-0.15, -0.1) is 0 Å². The Morgan fingerprint density at radius 2 is 2.53 bits per heavy atom. The maximum Gasteiger partial charge on any atom is 0.170 e. The Morgan fingerprint density at radius 3 is 3.24 bits per heavy atom. The van der Waals surface area contributed by atoms with E-state index in [1.807, 2.05) is 6.07 Å². The van der Waals surface area contributed by atoms with Crippen molar-refractivity contribution in [2.75, 3.05) is 24.6 Å². The summed E-state index contributed by atoms with van der Waals surface area (Å²) in [4.78, 5) is 6.13. The SMILES string of the molecule is N/C(=N/O)C1CN(c2ccncc2Br)CCO1. The first-order valence-electron chi connectivity index (χ1n) is 5.16. The average Bonchev–Trinajstić information content (AvgIpc) is 2.38. The number of rotatable bonds is 2. The van der Waals surface area contributed by atoms with E-state index in [-0.39, 0.29) is 11.9 Å². The molecule has 1 aromatic heterocycles. The zero-order chi connectivity index (χ0) is 12.3. The van der Waals surface area contributed by atoms with Gasteiger partial charge in [-0.25, -0.2) is 0 Å². The van der Waals surface area contributed by atoms with Crippen molar-refractivity contribution in [1.82, 2.24) is 4.98 Å². The molecule has 1 atom stereocenters. The van der Waals surface area contributed by atoms with Gasteiger partial charge in [-0.3, -0.25) is 4.98 Å². The molecule has 0 saturated carbocycles. The number of oxime groups is 1. The maximum atomic E-state index is 8.64. The number of morpholine rings is 1. The first-order chi connectivity index (χ1) is 8.22. The highest BCUT2D eigenvalue weighted by atomic mass is 79.9. The molecular weight excluding hydrogens is 288 g/mol. The molecule has 6 nitrogen and oxygen atoms in total. The first-order valence-corrected chi connectivity index (χ1v) is 5.95. The lowest BCUT2D eigenvalue weighted by atomic mass is 10.2. The Labute approximate surface area is 107 Å². The number of nitrogens with two attached hydrogens (primary N) is 1. The maximum absolute atomic E-state index is 8.64. The van der Waals surface area contributed by atoms with Crippen molar-refractivity contribution in [2.24, 2.45) is 10.9 Å². The average molecular weight is 301 g/mol. The second-order valence-corrected chi connectivity index (χ2v) is 4.51. The van der Waals surface area contributed by atoms with E-state index in [0.717, 1.165) is 16.7 Å². The molecule has 0 aliphatic carbocycles. The molecule has 3 N–H and O–H groups in total. The Balaban J connectivity index is 2.15. The number of hydrogen-bond donors (Lipinski definition) is 2. The van der Waals surface area contributed by atoms with Gasteiger partial charge in [0.2, 0.25) is 0 Å². The fourth-order valence-electron chi connectivity index (χ4n) is 1.74. The highest BCUT2D eigenvalue weighted by molar-refractivity contribution is 9.10. The van der Waals surface area contributed by atoms with Crippen LogP contribution in [0.15, 0.2) is 28.1 Å². The normalized spacial score (nSPS) is 21.6. The minimum absolute atomic E-state index is 0.0971. The number of aromatic nitrogens is 1. The smallest absolute Gasteiger partial charge is 0.170 e.